The van der Waals surface area contributed by atoms with Gasteiger partial charge in [-0.25, -0.2) is 0 Å². The molecular formula is C22H29ClN6O2. The predicted molar refractivity (Wildman–Crippen MR) is 124 cm³/mol. The lowest BCUT2D eigenvalue weighted by molar-refractivity contribution is 0.122. The number of ether oxygens (including phenoxy) is 2. The Morgan fingerprint density at radius 2 is 1.16 bits per heavy atom. The minimum atomic E-state index is 0.739. The van der Waals surface area contributed by atoms with E-state index in [1.54, 1.807) is 0 Å². The van der Waals surface area contributed by atoms with Gasteiger partial charge in [-0.3, -0.25) is 0 Å². The summed E-state index contributed by atoms with van der Waals surface area (Å²) in [5, 5.41) is 0.802. The highest BCUT2D eigenvalue weighted by atomic mass is 35.5. The second-order valence-corrected chi connectivity index (χ2v) is 8.42. The summed E-state index contributed by atoms with van der Waals surface area (Å²) in [6.07, 6.45) is 0. The number of nitrogens with zero attached hydrogens (tertiary/aromatic N) is 6. The van der Waals surface area contributed by atoms with E-state index in [4.69, 9.17) is 31.0 Å². The molecule has 3 fully saturated rings. The standard InChI is InChI=1S/C22H29ClN6O2/c23-18-3-1-2-4-19(18)26-5-7-29(8-6-26)22-24-20(27-9-13-30-14-10-27)17-21(25-22)28-11-15-31-16-12-28/h1-4,17H,5-16H2. The number of hydrogen-bond donors (Lipinski definition) is 0. The fraction of sp³-hybridized carbons (Fsp3) is 0.545. The van der Waals surface area contributed by atoms with Crippen LogP contribution in [0.2, 0.25) is 5.02 Å². The number of morpholine rings is 2. The number of rotatable bonds is 4. The number of benzene rings is 1. The second-order valence-electron chi connectivity index (χ2n) is 8.01. The van der Waals surface area contributed by atoms with Crippen molar-refractivity contribution in [2.24, 2.45) is 0 Å². The first-order chi connectivity index (χ1) is 15.3. The first kappa shape index (κ1) is 20.6. The van der Waals surface area contributed by atoms with Crippen LogP contribution in [0.1, 0.15) is 0 Å². The summed E-state index contributed by atoms with van der Waals surface area (Å²) < 4.78 is 11.1. The molecule has 0 saturated carbocycles. The Hall–Kier alpha value is -2.29. The van der Waals surface area contributed by atoms with Gasteiger partial charge in [-0.1, -0.05) is 23.7 Å². The van der Waals surface area contributed by atoms with Crippen LogP contribution in [0.25, 0.3) is 0 Å². The quantitative estimate of drug-likeness (QED) is 0.711. The van der Waals surface area contributed by atoms with E-state index in [2.05, 4.69) is 31.7 Å². The summed E-state index contributed by atoms with van der Waals surface area (Å²) in [7, 11) is 0. The van der Waals surface area contributed by atoms with Gasteiger partial charge in [0.05, 0.1) is 37.1 Å². The van der Waals surface area contributed by atoms with Crippen molar-refractivity contribution >= 4 is 34.9 Å². The van der Waals surface area contributed by atoms with E-state index in [0.717, 1.165) is 107 Å². The molecule has 4 heterocycles. The Morgan fingerprint density at radius 1 is 0.645 bits per heavy atom. The lowest BCUT2D eigenvalue weighted by atomic mass is 10.2. The Bertz CT molecular complexity index is 844. The van der Waals surface area contributed by atoms with Crippen molar-refractivity contribution < 1.29 is 9.47 Å². The van der Waals surface area contributed by atoms with Crippen molar-refractivity contribution in [2.75, 3.05) is 98.4 Å². The van der Waals surface area contributed by atoms with Gasteiger partial charge in [-0.05, 0) is 12.1 Å². The van der Waals surface area contributed by atoms with Crippen LogP contribution in [0, 0.1) is 0 Å². The van der Waals surface area contributed by atoms with Crippen LogP contribution in [0.4, 0.5) is 23.3 Å². The zero-order chi connectivity index (χ0) is 21.0. The average Bonchev–Trinajstić information content (AvgIpc) is 2.85. The highest BCUT2D eigenvalue weighted by Crippen LogP contribution is 2.28. The van der Waals surface area contributed by atoms with Crippen LogP contribution in [0.3, 0.4) is 0 Å². The summed E-state index contributed by atoms with van der Waals surface area (Å²) in [6, 6.07) is 10.2. The molecule has 3 aliphatic rings. The molecule has 0 radical (unpaired) electrons. The highest BCUT2D eigenvalue weighted by Gasteiger charge is 2.24. The molecule has 0 bridgehead atoms. The Kier molecular flexibility index (Phi) is 6.29. The van der Waals surface area contributed by atoms with Crippen molar-refractivity contribution in [2.45, 2.75) is 0 Å². The van der Waals surface area contributed by atoms with Gasteiger partial charge in [-0.15, -0.1) is 0 Å². The third kappa shape index (κ3) is 4.66. The fourth-order valence-corrected chi connectivity index (χ4v) is 4.57. The first-order valence-corrected chi connectivity index (χ1v) is 11.4. The number of para-hydroxylation sites is 1. The van der Waals surface area contributed by atoms with Gasteiger partial charge in [0.2, 0.25) is 5.95 Å². The maximum absolute atomic E-state index is 6.41. The summed E-state index contributed by atoms with van der Waals surface area (Å²) in [5.41, 5.74) is 1.10. The van der Waals surface area contributed by atoms with E-state index < -0.39 is 0 Å². The molecule has 31 heavy (non-hydrogen) atoms. The zero-order valence-electron chi connectivity index (χ0n) is 17.7. The third-order valence-corrected chi connectivity index (χ3v) is 6.43. The van der Waals surface area contributed by atoms with Crippen molar-refractivity contribution in [3.8, 4) is 0 Å². The summed E-state index contributed by atoms with van der Waals surface area (Å²) in [4.78, 5) is 19.2. The topological polar surface area (TPSA) is 57.2 Å². The van der Waals surface area contributed by atoms with Crippen molar-refractivity contribution in [1.82, 2.24) is 9.97 Å². The molecule has 1 aromatic carbocycles. The molecule has 9 heteroatoms. The van der Waals surface area contributed by atoms with Crippen LogP contribution in [-0.2, 0) is 9.47 Å². The average molecular weight is 445 g/mol. The largest absolute Gasteiger partial charge is 0.378 e. The van der Waals surface area contributed by atoms with Gasteiger partial charge in [0, 0.05) is 58.4 Å². The van der Waals surface area contributed by atoms with E-state index in [1.807, 2.05) is 18.2 Å². The van der Waals surface area contributed by atoms with Gasteiger partial charge in [0.15, 0.2) is 0 Å². The molecule has 0 N–H and O–H groups in total. The van der Waals surface area contributed by atoms with Crippen LogP contribution < -0.4 is 19.6 Å². The van der Waals surface area contributed by atoms with Gasteiger partial charge in [-0.2, -0.15) is 9.97 Å². The second kappa shape index (κ2) is 9.46. The van der Waals surface area contributed by atoms with E-state index in [1.165, 1.54) is 0 Å². The van der Waals surface area contributed by atoms with Crippen molar-refractivity contribution in [3.63, 3.8) is 0 Å². The fourth-order valence-electron chi connectivity index (χ4n) is 4.32. The van der Waals surface area contributed by atoms with Gasteiger partial charge < -0.3 is 29.1 Å². The number of aromatic nitrogens is 2. The maximum atomic E-state index is 6.41. The molecule has 3 saturated heterocycles. The van der Waals surface area contributed by atoms with E-state index in [-0.39, 0.29) is 0 Å². The van der Waals surface area contributed by atoms with Crippen LogP contribution in [-0.4, -0.2) is 88.8 Å². The van der Waals surface area contributed by atoms with E-state index in [9.17, 15) is 0 Å². The molecule has 2 aromatic rings. The normalized spacial score (nSPS) is 20.3. The summed E-state index contributed by atoms with van der Waals surface area (Å²) in [5.74, 6) is 2.79. The molecule has 0 spiro atoms. The van der Waals surface area contributed by atoms with E-state index in [0.29, 0.717) is 0 Å². The number of piperazine rings is 1. The molecule has 0 aliphatic carbocycles. The molecule has 3 aliphatic heterocycles. The van der Waals surface area contributed by atoms with Gasteiger partial charge in [0.25, 0.3) is 0 Å². The predicted octanol–water partition coefficient (Wildman–Crippen LogP) is 2.13. The Balaban J connectivity index is 1.37. The smallest absolute Gasteiger partial charge is 0.229 e. The molecular weight excluding hydrogens is 416 g/mol. The molecule has 0 unspecified atom stereocenters. The van der Waals surface area contributed by atoms with Gasteiger partial charge >= 0.3 is 0 Å². The number of halogens is 1. The monoisotopic (exact) mass is 444 g/mol. The van der Waals surface area contributed by atoms with Crippen LogP contribution in [0.5, 0.6) is 0 Å². The lowest BCUT2D eigenvalue weighted by Crippen LogP contribution is -2.47. The maximum Gasteiger partial charge on any atom is 0.229 e. The van der Waals surface area contributed by atoms with Crippen molar-refractivity contribution in [1.29, 1.82) is 0 Å². The Labute approximate surface area is 188 Å². The molecule has 5 rings (SSSR count). The minimum absolute atomic E-state index is 0.739. The molecule has 0 atom stereocenters. The molecule has 0 amide bonds. The number of hydrogen-bond acceptors (Lipinski definition) is 8. The molecule has 1 aromatic heterocycles. The SMILES string of the molecule is Clc1ccccc1N1CCN(c2nc(N3CCOCC3)cc(N3CCOCC3)n2)CC1. The summed E-state index contributed by atoms with van der Waals surface area (Å²) in [6.45, 7) is 9.90. The zero-order valence-corrected chi connectivity index (χ0v) is 18.5. The van der Waals surface area contributed by atoms with Crippen LogP contribution in [0.15, 0.2) is 30.3 Å². The highest BCUT2D eigenvalue weighted by molar-refractivity contribution is 6.33. The van der Waals surface area contributed by atoms with E-state index >= 15 is 0 Å². The number of anilines is 4. The van der Waals surface area contributed by atoms with Crippen molar-refractivity contribution in [3.05, 3.63) is 35.4 Å². The lowest BCUT2D eigenvalue weighted by Gasteiger charge is -2.37. The van der Waals surface area contributed by atoms with Gasteiger partial charge in [0.1, 0.15) is 11.6 Å². The van der Waals surface area contributed by atoms with Crippen LogP contribution >= 0.6 is 11.6 Å². The Morgan fingerprint density at radius 3 is 1.71 bits per heavy atom. The first-order valence-electron chi connectivity index (χ1n) is 11.1. The molecule has 8 nitrogen and oxygen atoms in total. The minimum Gasteiger partial charge on any atom is -0.378 e. The molecule has 166 valence electrons. The summed E-state index contributed by atoms with van der Waals surface area (Å²) >= 11 is 6.41. The third-order valence-electron chi connectivity index (χ3n) is 6.11.